The van der Waals surface area contributed by atoms with Gasteiger partial charge in [-0.25, -0.2) is 0 Å². The third-order valence-corrected chi connectivity index (χ3v) is 5.30. The van der Waals surface area contributed by atoms with Crippen molar-refractivity contribution in [2.24, 2.45) is 0 Å². The largest absolute Gasteiger partial charge is 0.485 e. The van der Waals surface area contributed by atoms with Crippen LogP contribution in [0.15, 0.2) is 46.3 Å². The molecule has 1 aromatic carbocycles. The van der Waals surface area contributed by atoms with Gasteiger partial charge in [-0.05, 0) is 71.2 Å². The number of hydrogen-bond donors (Lipinski definition) is 2. The fourth-order valence-electron chi connectivity index (χ4n) is 3.50. The molecule has 0 amide bonds. The Morgan fingerprint density at radius 3 is 2.56 bits per heavy atom. The summed E-state index contributed by atoms with van der Waals surface area (Å²) in [7, 11) is 0. The van der Waals surface area contributed by atoms with E-state index in [1.165, 1.54) is 24.0 Å². The standard InChI is InChI=1S/C27H40N2O3/c1-6-8-9-10-17-31-26-25(32-18-16-21(5)13-11-12-20(3)4)23-15-14-22(28-7-2)19-24(23)29-27(26)30/h12,14-16,19,28H,6-11,13,17-18H2,1-5H3,(H,29,30). The van der Waals surface area contributed by atoms with Crippen molar-refractivity contribution < 1.29 is 9.47 Å². The van der Waals surface area contributed by atoms with E-state index in [9.17, 15) is 4.79 Å². The average Bonchev–Trinajstić information content (AvgIpc) is 2.74. The van der Waals surface area contributed by atoms with Crippen LogP contribution in [-0.4, -0.2) is 24.7 Å². The van der Waals surface area contributed by atoms with Gasteiger partial charge >= 0.3 is 0 Å². The second kappa shape index (κ2) is 13.7. The number of H-pyrrole nitrogens is 1. The van der Waals surface area contributed by atoms with Crippen molar-refractivity contribution in [2.45, 2.75) is 73.1 Å². The normalized spacial score (nSPS) is 11.5. The number of anilines is 1. The minimum absolute atomic E-state index is 0.249. The number of allylic oxidation sites excluding steroid dienone is 3. The highest BCUT2D eigenvalue weighted by atomic mass is 16.5. The highest BCUT2D eigenvalue weighted by molar-refractivity contribution is 5.89. The van der Waals surface area contributed by atoms with Crippen molar-refractivity contribution in [1.29, 1.82) is 0 Å². The van der Waals surface area contributed by atoms with Gasteiger partial charge in [0.15, 0.2) is 5.75 Å². The fourth-order valence-corrected chi connectivity index (χ4v) is 3.50. The fraction of sp³-hybridized carbons (Fsp3) is 0.519. The van der Waals surface area contributed by atoms with Crippen LogP contribution in [0.1, 0.15) is 73.1 Å². The number of aromatic amines is 1. The Bertz CT molecular complexity index is 969. The lowest BCUT2D eigenvalue weighted by Crippen LogP contribution is -2.15. The van der Waals surface area contributed by atoms with E-state index < -0.39 is 0 Å². The number of pyridine rings is 1. The third kappa shape index (κ3) is 8.10. The maximum atomic E-state index is 12.8. The average molecular weight is 441 g/mol. The van der Waals surface area contributed by atoms with Gasteiger partial charge in [0, 0.05) is 17.6 Å². The van der Waals surface area contributed by atoms with E-state index in [0.29, 0.717) is 19.0 Å². The van der Waals surface area contributed by atoms with Crippen LogP contribution in [0.4, 0.5) is 5.69 Å². The number of rotatable bonds is 14. The lowest BCUT2D eigenvalue weighted by molar-refractivity contribution is 0.274. The minimum Gasteiger partial charge on any atom is -0.485 e. The van der Waals surface area contributed by atoms with Crippen molar-refractivity contribution in [3.63, 3.8) is 0 Å². The molecule has 0 aliphatic heterocycles. The van der Waals surface area contributed by atoms with Crippen LogP contribution < -0.4 is 20.3 Å². The second-order valence-corrected chi connectivity index (χ2v) is 8.49. The van der Waals surface area contributed by atoms with Gasteiger partial charge in [-0.3, -0.25) is 4.79 Å². The Morgan fingerprint density at radius 2 is 1.84 bits per heavy atom. The molecule has 0 unspecified atom stereocenters. The zero-order valence-corrected chi connectivity index (χ0v) is 20.5. The molecule has 1 heterocycles. The van der Waals surface area contributed by atoms with Gasteiger partial charge in [-0.1, -0.05) is 43.4 Å². The van der Waals surface area contributed by atoms with Crippen molar-refractivity contribution in [1.82, 2.24) is 4.98 Å². The summed E-state index contributed by atoms with van der Waals surface area (Å²) in [4.78, 5) is 15.8. The maximum absolute atomic E-state index is 12.8. The van der Waals surface area contributed by atoms with E-state index in [0.717, 1.165) is 48.8 Å². The smallest absolute Gasteiger partial charge is 0.294 e. The molecule has 0 aliphatic carbocycles. The first-order valence-electron chi connectivity index (χ1n) is 11.9. The van der Waals surface area contributed by atoms with Crippen LogP contribution in [0.5, 0.6) is 11.5 Å². The highest BCUT2D eigenvalue weighted by Gasteiger charge is 2.16. The molecule has 1 aromatic heterocycles. The second-order valence-electron chi connectivity index (χ2n) is 8.49. The molecule has 32 heavy (non-hydrogen) atoms. The lowest BCUT2D eigenvalue weighted by atomic mass is 10.1. The van der Waals surface area contributed by atoms with Crippen LogP contribution in [0, 0.1) is 0 Å². The Hall–Kier alpha value is -2.69. The number of nitrogens with one attached hydrogen (secondary N) is 2. The molecule has 0 bridgehead atoms. The molecule has 0 spiro atoms. The van der Waals surface area contributed by atoms with Crippen LogP contribution in [0.25, 0.3) is 10.9 Å². The summed E-state index contributed by atoms with van der Waals surface area (Å²) in [6.07, 6.45) is 10.7. The SMILES string of the molecule is CCCCCCOc1c(OCC=C(C)CCC=C(C)C)c2ccc(NCC)cc2[nH]c1=O. The van der Waals surface area contributed by atoms with Gasteiger partial charge in [0.1, 0.15) is 6.61 Å². The molecule has 0 atom stereocenters. The van der Waals surface area contributed by atoms with Gasteiger partial charge in [0.25, 0.3) is 5.56 Å². The first-order chi connectivity index (χ1) is 15.5. The summed E-state index contributed by atoms with van der Waals surface area (Å²) in [6, 6.07) is 5.93. The summed E-state index contributed by atoms with van der Waals surface area (Å²) < 4.78 is 12.1. The van der Waals surface area contributed by atoms with Crippen LogP contribution in [-0.2, 0) is 0 Å². The van der Waals surface area contributed by atoms with Crippen LogP contribution >= 0.6 is 0 Å². The number of fused-ring (bicyclic) bond motifs is 1. The summed E-state index contributed by atoms with van der Waals surface area (Å²) in [5.41, 5.74) is 4.06. The minimum atomic E-state index is -0.249. The molecule has 176 valence electrons. The van der Waals surface area contributed by atoms with E-state index in [1.807, 2.05) is 25.1 Å². The molecule has 5 nitrogen and oxygen atoms in total. The van der Waals surface area contributed by atoms with Gasteiger partial charge in [0.2, 0.25) is 5.75 Å². The van der Waals surface area contributed by atoms with Crippen molar-refractivity contribution in [3.8, 4) is 11.5 Å². The maximum Gasteiger partial charge on any atom is 0.294 e. The lowest BCUT2D eigenvalue weighted by Gasteiger charge is -2.15. The summed E-state index contributed by atoms with van der Waals surface area (Å²) in [6.45, 7) is 12.3. The van der Waals surface area contributed by atoms with Crippen LogP contribution in [0.3, 0.4) is 0 Å². The van der Waals surface area contributed by atoms with Gasteiger partial charge in [-0.2, -0.15) is 0 Å². The summed E-state index contributed by atoms with van der Waals surface area (Å²) in [5.74, 6) is 0.802. The number of unbranched alkanes of at least 4 members (excludes halogenated alkanes) is 3. The molecule has 2 aromatic rings. The number of benzene rings is 1. The van der Waals surface area contributed by atoms with Crippen LogP contribution in [0.2, 0.25) is 0 Å². The van der Waals surface area contributed by atoms with Gasteiger partial charge < -0.3 is 19.8 Å². The zero-order chi connectivity index (χ0) is 23.3. The van der Waals surface area contributed by atoms with E-state index in [2.05, 4.69) is 50.1 Å². The zero-order valence-electron chi connectivity index (χ0n) is 20.5. The Morgan fingerprint density at radius 1 is 1.03 bits per heavy atom. The summed E-state index contributed by atoms with van der Waals surface area (Å²) in [5, 5.41) is 4.14. The quantitative estimate of drug-likeness (QED) is 0.245. The van der Waals surface area contributed by atoms with E-state index in [1.54, 1.807) is 0 Å². The number of hydrogen-bond acceptors (Lipinski definition) is 4. The molecule has 5 heteroatoms. The Balaban J connectivity index is 2.25. The molecule has 0 saturated heterocycles. The molecule has 0 saturated carbocycles. The predicted molar refractivity (Wildman–Crippen MR) is 136 cm³/mol. The first-order valence-corrected chi connectivity index (χ1v) is 11.9. The topological polar surface area (TPSA) is 63.4 Å². The van der Waals surface area contributed by atoms with E-state index in [-0.39, 0.29) is 11.3 Å². The van der Waals surface area contributed by atoms with Crippen molar-refractivity contribution in [3.05, 3.63) is 51.9 Å². The molecule has 2 N–H and O–H groups in total. The highest BCUT2D eigenvalue weighted by Crippen LogP contribution is 2.33. The van der Waals surface area contributed by atoms with Crippen molar-refractivity contribution >= 4 is 16.6 Å². The Labute approximate surface area is 192 Å². The van der Waals surface area contributed by atoms with E-state index >= 15 is 0 Å². The van der Waals surface area contributed by atoms with E-state index in [4.69, 9.17) is 9.47 Å². The number of ether oxygens (including phenoxy) is 2. The molecular formula is C27H40N2O3. The van der Waals surface area contributed by atoms with Gasteiger partial charge in [-0.15, -0.1) is 0 Å². The Kier molecular flexibility index (Phi) is 10.9. The molecule has 0 fully saturated rings. The third-order valence-electron chi connectivity index (χ3n) is 5.30. The van der Waals surface area contributed by atoms with Gasteiger partial charge in [0.05, 0.1) is 12.1 Å². The summed E-state index contributed by atoms with van der Waals surface area (Å²) >= 11 is 0. The molecule has 0 radical (unpaired) electrons. The first kappa shape index (κ1) is 25.6. The molecule has 2 rings (SSSR count). The molecule has 0 aliphatic rings. The number of aromatic nitrogens is 1. The molecular weight excluding hydrogens is 400 g/mol. The monoisotopic (exact) mass is 440 g/mol. The van der Waals surface area contributed by atoms with Crippen molar-refractivity contribution in [2.75, 3.05) is 25.1 Å². The predicted octanol–water partition coefficient (Wildman–Crippen LogP) is 6.99.